The minimum absolute atomic E-state index is 0.156. The summed E-state index contributed by atoms with van der Waals surface area (Å²) in [6.07, 6.45) is 13.0. The summed E-state index contributed by atoms with van der Waals surface area (Å²) < 4.78 is 26.1. The maximum absolute atomic E-state index is 11.8. The van der Waals surface area contributed by atoms with Gasteiger partial charge in [-0.05, 0) is 142 Å². The van der Waals surface area contributed by atoms with E-state index in [1.807, 2.05) is 6.92 Å². The normalized spacial score (nSPS) is 54.5. The Kier molecular flexibility index (Phi) is 9.55. The molecule has 284 valence electrons. The number of aliphatic hydroxyl groups excluding tert-OH is 1. The van der Waals surface area contributed by atoms with Crippen LogP contribution in [-0.4, -0.2) is 65.6 Å². The van der Waals surface area contributed by atoms with Crippen molar-refractivity contribution in [3.05, 3.63) is 0 Å². The number of fused-ring (bicyclic) bond motifs is 7. The van der Waals surface area contributed by atoms with Crippen molar-refractivity contribution in [1.29, 1.82) is 0 Å². The van der Waals surface area contributed by atoms with Crippen LogP contribution in [-0.2, 0) is 33.5 Å². The van der Waals surface area contributed by atoms with Crippen molar-refractivity contribution in [2.75, 3.05) is 13.2 Å². The number of hydrogen-bond acceptors (Lipinski definition) is 8. The number of hydrogen-bond donors (Lipinski definition) is 2. The van der Waals surface area contributed by atoms with Gasteiger partial charge in [-0.2, -0.15) is 0 Å². The van der Waals surface area contributed by atoms with E-state index in [-0.39, 0.29) is 47.6 Å². The first-order chi connectivity index (χ1) is 23.8. The van der Waals surface area contributed by atoms with Gasteiger partial charge in [0.1, 0.15) is 0 Å². The molecule has 5 saturated carbocycles. The SMILES string of the molecule is C[C@H]1C(OCCO[C@@H]2CC[C@@]3(C)C(C2)C[C@H](O)C2C3CC[C@@]3(C)C2CC[C@@H]3[C@H](C)CCC(=O)O)OC2O[C@]3(C)CCC4[C@H](C)CCC1C24OO3. The number of carbonyl (C=O) groups is 1. The molecule has 4 saturated heterocycles. The molecule has 0 radical (unpaired) electrons. The topological polar surface area (TPSA) is 113 Å². The molecule has 4 heterocycles. The fourth-order valence-electron chi connectivity index (χ4n) is 14.3. The van der Waals surface area contributed by atoms with Crippen LogP contribution in [0.15, 0.2) is 0 Å². The predicted octanol–water partition coefficient (Wildman–Crippen LogP) is 7.73. The molecule has 50 heavy (non-hydrogen) atoms. The van der Waals surface area contributed by atoms with Crippen molar-refractivity contribution in [1.82, 2.24) is 0 Å². The smallest absolute Gasteiger partial charge is 0.303 e. The number of carboxylic acids is 1. The fraction of sp³-hybridized carbons (Fsp3) is 0.976. The highest BCUT2D eigenvalue weighted by molar-refractivity contribution is 5.66. The molecule has 9 nitrogen and oxygen atoms in total. The zero-order chi connectivity index (χ0) is 35.2. The average molecular weight is 703 g/mol. The third kappa shape index (κ3) is 5.68. The lowest BCUT2D eigenvalue weighted by Gasteiger charge is -2.62. The van der Waals surface area contributed by atoms with E-state index in [1.54, 1.807) is 0 Å². The van der Waals surface area contributed by atoms with Crippen LogP contribution in [0.5, 0.6) is 0 Å². The van der Waals surface area contributed by atoms with Gasteiger partial charge < -0.3 is 29.2 Å². The van der Waals surface area contributed by atoms with Crippen LogP contribution in [0, 0.1) is 70.0 Å². The lowest BCUT2D eigenvalue weighted by atomic mass is 9.43. The summed E-state index contributed by atoms with van der Waals surface area (Å²) >= 11 is 0. The molecule has 9 aliphatic rings. The van der Waals surface area contributed by atoms with Gasteiger partial charge >= 0.3 is 5.97 Å². The molecule has 9 heteroatoms. The number of aliphatic carboxylic acids is 1. The van der Waals surface area contributed by atoms with Crippen molar-refractivity contribution in [2.24, 2.45) is 70.0 Å². The Balaban J connectivity index is 0.857. The van der Waals surface area contributed by atoms with Crippen LogP contribution in [0.25, 0.3) is 0 Å². The van der Waals surface area contributed by atoms with Crippen LogP contribution in [0.1, 0.15) is 131 Å². The second kappa shape index (κ2) is 13.2. The fourth-order valence-corrected chi connectivity index (χ4v) is 14.3. The van der Waals surface area contributed by atoms with Crippen LogP contribution >= 0.6 is 0 Å². The van der Waals surface area contributed by atoms with Crippen LogP contribution in [0.3, 0.4) is 0 Å². The predicted molar refractivity (Wildman–Crippen MR) is 185 cm³/mol. The molecular formula is C41H66O9. The van der Waals surface area contributed by atoms with Gasteiger partial charge in [-0.25, -0.2) is 9.78 Å². The van der Waals surface area contributed by atoms with Crippen LogP contribution in [0.2, 0.25) is 0 Å². The van der Waals surface area contributed by atoms with Crippen LogP contribution < -0.4 is 0 Å². The Hall–Kier alpha value is -0.810. The Morgan fingerprint density at radius 2 is 1.56 bits per heavy atom. The van der Waals surface area contributed by atoms with E-state index in [2.05, 4.69) is 34.6 Å². The van der Waals surface area contributed by atoms with E-state index in [4.69, 9.17) is 28.7 Å². The molecule has 9 fully saturated rings. The van der Waals surface area contributed by atoms with Gasteiger partial charge in [0.25, 0.3) is 0 Å². The highest BCUT2D eigenvalue weighted by atomic mass is 17.3. The molecule has 5 aliphatic carbocycles. The van der Waals surface area contributed by atoms with E-state index in [9.17, 15) is 15.0 Å². The summed E-state index contributed by atoms with van der Waals surface area (Å²) in [5, 5.41) is 21.1. The minimum atomic E-state index is -0.785. The van der Waals surface area contributed by atoms with Crippen LogP contribution in [0.4, 0.5) is 0 Å². The summed E-state index contributed by atoms with van der Waals surface area (Å²) in [6.45, 7) is 14.8. The third-order valence-electron chi connectivity index (χ3n) is 17.0. The molecule has 0 aromatic carbocycles. The molecule has 0 amide bonds. The van der Waals surface area contributed by atoms with Gasteiger partial charge in [-0.1, -0.05) is 34.6 Å². The van der Waals surface area contributed by atoms with Crippen molar-refractivity contribution >= 4 is 5.97 Å². The molecule has 2 N–H and O–H groups in total. The van der Waals surface area contributed by atoms with Gasteiger partial charge in [0.2, 0.25) is 5.79 Å². The summed E-state index contributed by atoms with van der Waals surface area (Å²) in [6, 6.07) is 0. The van der Waals surface area contributed by atoms with Gasteiger partial charge in [-0.3, -0.25) is 4.79 Å². The molecule has 2 bridgehead atoms. The lowest BCUT2D eigenvalue weighted by molar-refractivity contribution is -0.577. The van der Waals surface area contributed by atoms with E-state index >= 15 is 0 Å². The van der Waals surface area contributed by atoms with Gasteiger partial charge in [0, 0.05) is 24.7 Å². The Morgan fingerprint density at radius 3 is 2.36 bits per heavy atom. The first-order valence-electron chi connectivity index (χ1n) is 20.6. The van der Waals surface area contributed by atoms with E-state index in [0.29, 0.717) is 60.6 Å². The average Bonchev–Trinajstić information content (AvgIpc) is 3.27. The number of carboxylic acid groups (broad SMARTS) is 1. The van der Waals surface area contributed by atoms with E-state index in [0.717, 1.165) is 51.4 Å². The lowest BCUT2D eigenvalue weighted by Crippen LogP contribution is -2.70. The summed E-state index contributed by atoms with van der Waals surface area (Å²) in [5.41, 5.74) is -0.119. The summed E-state index contributed by atoms with van der Waals surface area (Å²) in [4.78, 5) is 23.6. The summed E-state index contributed by atoms with van der Waals surface area (Å²) in [7, 11) is 0. The Bertz CT molecular complexity index is 1260. The highest BCUT2D eigenvalue weighted by Gasteiger charge is 2.70. The van der Waals surface area contributed by atoms with E-state index < -0.39 is 23.6 Å². The number of rotatable bonds is 9. The second-order valence-electron chi connectivity index (χ2n) is 19.3. The second-order valence-corrected chi connectivity index (χ2v) is 19.3. The highest BCUT2D eigenvalue weighted by Crippen LogP contribution is 2.68. The molecular weight excluding hydrogens is 636 g/mol. The minimum Gasteiger partial charge on any atom is -0.481 e. The first kappa shape index (κ1) is 36.2. The van der Waals surface area contributed by atoms with Crippen molar-refractivity contribution < 1.29 is 43.7 Å². The number of aliphatic hydroxyl groups is 1. The third-order valence-corrected chi connectivity index (χ3v) is 17.0. The molecule has 9 unspecified atom stereocenters. The first-order valence-corrected chi connectivity index (χ1v) is 20.6. The van der Waals surface area contributed by atoms with Gasteiger partial charge in [-0.15, -0.1) is 0 Å². The van der Waals surface area contributed by atoms with Crippen molar-refractivity contribution in [3.8, 4) is 0 Å². The quantitative estimate of drug-likeness (QED) is 0.184. The van der Waals surface area contributed by atoms with Crippen molar-refractivity contribution in [3.63, 3.8) is 0 Å². The molecule has 18 atom stereocenters. The maximum atomic E-state index is 11.8. The van der Waals surface area contributed by atoms with Gasteiger partial charge in [0.05, 0.1) is 25.4 Å². The molecule has 1 spiro atoms. The molecule has 0 aromatic rings. The standard InChI is InChI=1S/C41H66O9/c1-23(8-12-34(43)44)28-10-11-31-35-32(14-17-39(28,31)5)38(4)16-13-27(21-26(38)22-33(35)42)45-19-20-46-36-25(3)30-9-7-24(2)29-15-18-40(6)48-37(47-36)41(29,30)50-49-40/h23-33,35-37,42H,7-22H2,1-6H3,(H,43,44)/t23-,24-,25-,26?,27-,28-,29?,30?,31?,32?,33+,35?,36?,37?,38+,39-,40+,41?/m1/s1. The molecule has 9 rings (SSSR count). The van der Waals surface area contributed by atoms with Crippen molar-refractivity contribution in [2.45, 2.75) is 168 Å². The van der Waals surface area contributed by atoms with E-state index in [1.165, 1.54) is 32.1 Å². The zero-order valence-electron chi connectivity index (χ0n) is 31.6. The largest absolute Gasteiger partial charge is 0.481 e. The molecule has 4 aliphatic heterocycles. The van der Waals surface area contributed by atoms with Gasteiger partial charge in [0.15, 0.2) is 18.2 Å². The maximum Gasteiger partial charge on any atom is 0.303 e. The Morgan fingerprint density at radius 1 is 0.840 bits per heavy atom. The number of ether oxygens (including phenoxy) is 4. The monoisotopic (exact) mass is 702 g/mol. The Labute approximate surface area is 300 Å². The zero-order valence-corrected chi connectivity index (χ0v) is 31.6. The molecule has 0 aromatic heterocycles. The summed E-state index contributed by atoms with van der Waals surface area (Å²) in [5.74, 6) is 2.73.